The lowest BCUT2D eigenvalue weighted by Crippen LogP contribution is -2.23. The molecule has 2 N–H and O–H groups in total. The van der Waals surface area contributed by atoms with Gasteiger partial charge in [-0.05, 0) is 47.9 Å². The maximum Gasteiger partial charge on any atom is 0.404 e. The number of hydrogen-bond acceptors (Lipinski definition) is 3. The van der Waals surface area contributed by atoms with Crippen LogP contribution in [-0.2, 0) is 6.54 Å². The predicted octanol–water partition coefficient (Wildman–Crippen LogP) is 2.67. The second kappa shape index (κ2) is 7.08. The summed E-state index contributed by atoms with van der Waals surface area (Å²) < 4.78 is 14.1. The van der Waals surface area contributed by atoms with Crippen molar-refractivity contribution in [3.8, 4) is 11.1 Å². The molecular formula is C17H18FN3O3. The van der Waals surface area contributed by atoms with Gasteiger partial charge in [0.05, 0.1) is 0 Å². The molecule has 24 heavy (non-hydrogen) atoms. The second-order valence-corrected chi connectivity index (χ2v) is 5.63. The summed E-state index contributed by atoms with van der Waals surface area (Å²) in [6.45, 7) is 1.80. The molecule has 0 radical (unpaired) electrons. The minimum Gasteiger partial charge on any atom is -0.465 e. The van der Waals surface area contributed by atoms with E-state index in [1.807, 2.05) is 0 Å². The van der Waals surface area contributed by atoms with E-state index in [4.69, 9.17) is 5.11 Å². The van der Waals surface area contributed by atoms with Gasteiger partial charge in [0.1, 0.15) is 0 Å². The van der Waals surface area contributed by atoms with Crippen molar-refractivity contribution in [3.63, 3.8) is 0 Å². The fourth-order valence-electron chi connectivity index (χ4n) is 2.26. The Balaban J connectivity index is 2.55. The van der Waals surface area contributed by atoms with E-state index in [2.05, 4.69) is 10.3 Å². The number of pyridine rings is 1. The van der Waals surface area contributed by atoms with Crippen molar-refractivity contribution in [1.29, 1.82) is 0 Å². The lowest BCUT2D eigenvalue weighted by Gasteiger charge is -2.14. The van der Waals surface area contributed by atoms with Gasteiger partial charge in [-0.1, -0.05) is 0 Å². The van der Waals surface area contributed by atoms with Crippen molar-refractivity contribution in [1.82, 2.24) is 15.2 Å². The van der Waals surface area contributed by atoms with Gasteiger partial charge in [-0.15, -0.1) is 0 Å². The molecule has 0 aliphatic carbocycles. The van der Waals surface area contributed by atoms with Crippen LogP contribution >= 0.6 is 0 Å². The normalized spacial score (nSPS) is 10.3. The van der Waals surface area contributed by atoms with Gasteiger partial charge >= 0.3 is 6.09 Å². The molecule has 1 aromatic carbocycles. The first-order chi connectivity index (χ1) is 11.3. The number of rotatable bonds is 4. The standard InChI is InChI=1S/C17H18FN3O3/c1-10-4-14(15(18)19-8-10)12-5-11(9-20-17(23)24)6-13(7-12)16(22)21(2)3/h4-8,20H,9H2,1-3H3,(H,23,24). The zero-order chi connectivity index (χ0) is 17.9. The smallest absolute Gasteiger partial charge is 0.404 e. The average molecular weight is 331 g/mol. The molecule has 1 aromatic heterocycles. The number of nitrogens with zero attached hydrogens (tertiary/aromatic N) is 2. The molecule has 0 atom stereocenters. The Kier molecular flexibility index (Phi) is 5.13. The van der Waals surface area contributed by atoms with Crippen LogP contribution in [0.1, 0.15) is 21.5 Å². The van der Waals surface area contributed by atoms with E-state index < -0.39 is 12.0 Å². The zero-order valence-electron chi connectivity index (χ0n) is 13.6. The Labute approximate surface area is 138 Å². The van der Waals surface area contributed by atoms with E-state index in [0.717, 1.165) is 5.56 Å². The first-order valence-electron chi connectivity index (χ1n) is 7.23. The second-order valence-electron chi connectivity index (χ2n) is 5.63. The number of benzene rings is 1. The van der Waals surface area contributed by atoms with Gasteiger partial charge in [0.2, 0.25) is 5.95 Å². The van der Waals surface area contributed by atoms with Crippen molar-refractivity contribution >= 4 is 12.0 Å². The third-order valence-electron chi connectivity index (χ3n) is 3.38. The van der Waals surface area contributed by atoms with E-state index in [9.17, 15) is 14.0 Å². The molecule has 0 aliphatic rings. The quantitative estimate of drug-likeness (QED) is 0.844. The first-order valence-corrected chi connectivity index (χ1v) is 7.23. The Bertz CT molecular complexity index is 791. The van der Waals surface area contributed by atoms with Gasteiger partial charge in [-0.25, -0.2) is 9.78 Å². The Hall–Kier alpha value is -2.96. The molecule has 0 bridgehead atoms. The van der Waals surface area contributed by atoms with Crippen LogP contribution in [0.15, 0.2) is 30.5 Å². The van der Waals surface area contributed by atoms with Crippen molar-refractivity contribution in [2.75, 3.05) is 14.1 Å². The fraction of sp³-hybridized carbons (Fsp3) is 0.235. The van der Waals surface area contributed by atoms with Crippen LogP contribution < -0.4 is 5.32 Å². The van der Waals surface area contributed by atoms with Crippen LogP contribution in [0.5, 0.6) is 0 Å². The number of carbonyl (C=O) groups excluding carboxylic acids is 1. The van der Waals surface area contributed by atoms with Crippen molar-refractivity contribution < 1.29 is 19.1 Å². The van der Waals surface area contributed by atoms with Crippen LogP contribution in [0.25, 0.3) is 11.1 Å². The molecule has 0 fully saturated rings. The third-order valence-corrected chi connectivity index (χ3v) is 3.38. The molecule has 0 unspecified atom stereocenters. The molecule has 0 aliphatic heterocycles. The molecular weight excluding hydrogens is 313 g/mol. The summed E-state index contributed by atoms with van der Waals surface area (Å²) in [5.74, 6) is -0.901. The summed E-state index contributed by atoms with van der Waals surface area (Å²) in [6.07, 6.45) is 0.241. The van der Waals surface area contributed by atoms with Gasteiger partial charge in [0, 0.05) is 38.0 Å². The molecule has 0 saturated heterocycles. The molecule has 0 saturated carbocycles. The van der Waals surface area contributed by atoms with Gasteiger partial charge in [-0.2, -0.15) is 4.39 Å². The van der Waals surface area contributed by atoms with Crippen LogP contribution in [0.4, 0.5) is 9.18 Å². The molecule has 6 nitrogen and oxygen atoms in total. The summed E-state index contributed by atoms with van der Waals surface area (Å²) >= 11 is 0. The molecule has 126 valence electrons. The van der Waals surface area contributed by atoms with Crippen LogP contribution in [-0.4, -0.2) is 41.1 Å². The first kappa shape index (κ1) is 17.4. The molecule has 1 heterocycles. The molecule has 7 heteroatoms. The lowest BCUT2D eigenvalue weighted by atomic mass is 9.99. The number of aromatic nitrogens is 1. The van der Waals surface area contributed by atoms with Crippen molar-refractivity contribution in [2.45, 2.75) is 13.5 Å². The largest absolute Gasteiger partial charge is 0.465 e. The highest BCUT2D eigenvalue weighted by atomic mass is 19.1. The highest BCUT2D eigenvalue weighted by Crippen LogP contribution is 2.25. The van der Waals surface area contributed by atoms with Crippen LogP contribution in [0.2, 0.25) is 0 Å². The Morgan fingerprint density at radius 3 is 2.58 bits per heavy atom. The van der Waals surface area contributed by atoms with Gasteiger partial charge in [0.15, 0.2) is 0 Å². The molecule has 0 spiro atoms. The number of nitrogens with one attached hydrogen (secondary N) is 1. The summed E-state index contributed by atoms with van der Waals surface area (Å²) in [5.41, 5.74) is 2.42. The number of aryl methyl sites for hydroxylation is 1. The van der Waals surface area contributed by atoms with E-state index in [1.165, 1.54) is 11.1 Å². The Morgan fingerprint density at radius 2 is 1.96 bits per heavy atom. The lowest BCUT2D eigenvalue weighted by molar-refractivity contribution is 0.0827. The monoisotopic (exact) mass is 331 g/mol. The highest BCUT2D eigenvalue weighted by molar-refractivity contribution is 5.95. The number of carboxylic acid groups (broad SMARTS) is 1. The van der Waals surface area contributed by atoms with E-state index in [-0.39, 0.29) is 18.0 Å². The third kappa shape index (κ3) is 4.07. The number of halogens is 1. The minimum absolute atomic E-state index is 0.0117. The van der Waals surface area contributed by atoms with Crippen molar-refractivity contribution in [2.24, 2.45) is 0 Å². The predicted molar refractivity (Wildman–Crippen MR) is 87.3 cm³/mol. The topological polar surface area (TPSA) is 82.5 Å². The summed E-state index contributed by atoms with van der Waals surface area (Å²) in [7, 11) is 3.22. The summed E-state index contributed by atoms with van der Waals surface area (Å²) in [5, 5.41) is 11.0. The Morgan fingerprint density at radius 1 is 1.25 bits per heavy atom. The molecule has 2 rings (SSSR count). The maximum atomic E-state index is 14.1. The van der Waals surface area contributed by atoms with E-state index in [0.29, 0.717) is 16.7 Å². The van der Waals surface area contributed by atoms with Gasteiger partial charge < -0.3 is 15.3 Å². The fourth-order valence-corrected chi connectivity index (χ4v) is 2.26. The number of amides is 2. The zero-order valence-corrected chi connectivity index (χ0v) is 13.6. The van der Waals surface area contributed by atoms with E-state index in [1.54, 1.807) is 45.3 Å². The van der Waals surface area contributed by atoms with Crippen molar-refractivity contribution in [3.05, 3.63) is 53.1 Å². The van der Waals surface area contributed by atoms with Gasteiger partial charge in [0.25, 0.3) is 5.91 Å². The minimum atomic E-state index is -1.18. The number of hydrogen-bond donors (Lipinski definition) is 2. The summed E-state index contributed by atoms with van der Waals surface area (Å²) in [6, 6.07) is 6.44. The summed E-state index contributed by atoms with van der Waals surface area (Å²) in [4.78, 5) is 28.0. The highest BCUT2D eigenvalue weighted by Gasteiger charge is 2.14. The van der Waals surface area contributed by atoms with Crippen LogP contribution in [0.3, 0.4) is 0 Å². The SMILES string of the molecule is Cc1cnc(F)c(-c2cc(CNC(=O)O)cc(C(=O)N(C)C)c2)c1. The molecule has 2 amide bonds. The van der Waals surface area contributed by atoms with Crippen LogP contribution in [0, 0.1) is 12.9 Å². The number of carbonyl (C=O) groups is 2. The molecule has 2 aromatic rings. The van der Waals surface area contributed by atoms with Gasteiger partial charge in [-0.3, -0.25) is 4.79 Å². The van der Waals surface area contributed by atoms with E-state index >= 15 is 0 Å². The average Bonchev–Trinajstić information content (AvgIpc) is 2.54. The maximum absolute atomic E-state index is 14.1.